The molecule has 0 saturated carbocycles. The summed E-state index contributed by atoms with van der Waals surface area (Å²) in [5, 5.41) is 15.4. The van der Waals surface area contributed by atoms with Crippen LogP contribution in [0.2, 0.25) is 0 Å². The van der Waals surface area contributed by atoms with E-state index in [-0.39, 0.29) is 43.8 Å². The molecule has 2 aromatic rings. The van der Waals surface area contributed by atoms with Gasteiger partial charge in [0.1, 0.15) is 6.10 Å². The molecule has 1 aliphatic heterocycles. The monoisotopic (exact) mass is 464 g/mol. The summed E-state index contributed by atoms with van der Waals surface area (Å²) >= 11 is 0. The minimum absolute atomic E-state index is 0.00272. The quantitative estimate of drug-likeness (QED) is 0.432. The first-order chi connectivity index (χ1) is 16.5. The Kier molecular flexibility index (Phi) is 9.85. The van der Waals surface area contributed by atoms with Crippen molar-refractivity contribution in [1.82, 2.24) is 10.6 Å². The molecule has 0 aromatic heterocycles. The SMILES string of the molecule is O=C(C[C@H]1CC=CCCC(=O)O[C@H](c2ccccc2)CNC1=O)N[C@@H](CO)Cc1ccccc1. The third kappa shape index (κ3) is 8.15. The summed E-state index contributed by atoms with van der Waals surface area (Å²) in [7, 11) is 0. The number of cyclic esters (lactones) is 1. The zero-order valence-corrected chi connectivity index (χ0v) is 19.2. The van der Waals surface area contributed by atoms with E-state index >= 15 is 0 Å². The number of carbonyl (C=O) groups excluding carboxylic acids is 3. The van der Waals surface area contributed by atoms with Crippen molar-refractivity contribution in [2.75, 3.05) is 13.2 Å². The molecule has 1 aliphatic rings. The molecule has 1 heterocycles. The molecule has 2 amide bonds. The van der Waals surface area contributed by atoms with E-state index in [2.05, 4.69) is 10.6 Å². The predicted octanol–water partition coefficient (Wildman–Crippen LogP) is 2.85. The number of ether oxygens (including phenoxy) is 1. The number of carbonyl (C=O) groups is 3. The second kappa shape index (κ2) is 13.3. The maximum absolute atomic E-state index is 13.0. The molecular weight excluding hydrogens is 432 g/mol. The van der Waals surface area contributed by atoms with Gasteiger partial charge in [0.15, 0.2) is 0 Å². The molecule has 3 N–H and O–H groups in total. The number of benzene rings is 2. The van der Waals surface area contributed by atoms with E-state index in [0.29, 0.717) is 19.3 Å². The Morgan fingerprint density at radius 1 is 1.06 bits per heavy atom. The van der Waals surface area contributed by atoms with Gasteiger partial charge in [-0.25, -0.2) is 0 Å². The Balaban J connectivity index is 1.64. The number of amides is 2. The molecule has 3 atom stereocenters. The van der Waals surface area contributed by atoms with E-state index in [1.54, 1.807) is 0 Å². The molecule has 2 aromatic carbocycles. The normalized spacial score (nSPS) is 20.3. The highest BCUT2D eigenvalue weighted by Gasteiger charge is 2.25. The van der Waals surface area contributed by atoms with E-state index in [1.165, 1.54) is 0 Å². The maximum atomic E-state index is 13.0. The Labute approximate surface area is 200 Å². The molecule has 0 fully saturated rings. The van der Waals surface area contributed by atoms with Crippen LogP contribution >= 0.6 is 0 Å². The molecule has 7 nitrogen and oxygen atoms in total. The van der Waals surface area contributed by atoms with Crippen LogP contribution in [0.3, 0.4) is 0 Å². The third-order valence-corrected chi connectivity index (χ3v) is 5.72. The van der Waals surface area contributed by atoms with Crippen LogP contribution in [0, 0.1) is 5.92 Å². The lowest BCUT2D eigenvalue weighted by Gasteiger charge is -2.22. The lowest BCUT2D eigenvalue weighted by Crippen LogP contribution is -2.42. The molecule has 34 heavy (non-hydrogen) atoms. The second-order valence-electron chi connectivity index (χ2n) is 8.42. The van der Waals surface area contributed by atoms with Gasteiger partial charge in [0.25, 0.3) is 0 Å². The van der Waals surface area contributed by atoms with Gasteiger partial charge in [-0.15, -0.1) is 0 Å². The van der Waals surface area contributed by atoms with Crippen molar-refractivity contribution in [3.05, 3.63) is 83.9 Å². The lowest BCUT2D eigenvalue weighted by atomic mass is 9.98. The fourth-order valence-corrected chi connectivity index (χ4v) is 3.88. The van der Waals surface area contributed by atoms with E-state index in [4.69, 9.17) is 4.74 Å². The summed E-state index contributed by atoms with van der Waals surface area (Å²) in [5.74, 6) is -1.46. The van der Waals surface area contributed by atoms with Gasteiger partial charge in [-0.2, -0.15) is 0 Å². The minimum atomic E-state index is -0.597. The summed E-state index contributed by atoms with van der Waals surface area (Å²) in [6.07, 6.45) is 4.70. The van der Waals surface area contributed by atoms with Gasteiger partial charge in [0.2, 0.25) is 11.8 Å². The molecule has 0 bridgehead atoms. The van der Waals surface area contributed by atoms with Crippen molar-refractivity contribution >= 4 is 17.8 Å². The fraction of sp³-hybridized carbons (Fsp3) is 0.370. The van der Waals surface area contributed by atoms with Crippen molar-refractivity contribution in [1.29, 1.82) is 0 Å². The highest BCUT2D eigenvalue weighted by atomic mass is 16.5. The first-order valence-corrected chi connectivity index (χ1v) is 11.7. The van der Waals surface area contributed by atoms with Crippen LogP contribution in [-0.4, -0.2) is 42.1 Å². The summed E-state index contributed by atoms with van der Waals surface area (Å²) in [6.45, 7) is -0.0643. The minimum Gasteiger partial charge on any atom is -0.456 e. The number of allylic oxidation sites excluding steroid dienone is 2. The first-order valence-electron chi connectivity index (χ1n) is 11.7. The highest BCUT2D eigenvalue weighted by Crippen LogP contribution is 2.19. The largest absolute Gasteiger partial charge is 0.456 e. The molecule has 0 radical (unpaired) electrons. The summed E-state index contributed by atoms with van der Waals surface area (Å²) in [5.41, 5.74) is 1.81. The Morgan fingerprint density at radius 3 is 2.47 bits per heavy atom. The molecule has 7 heteroatoms. The van der Waals surface area contributed by atoms with Crippen molar-refractivity contribution in [2.45, 2.75) is 44.2 Å². The third-order valence-electron chi connectivity index (χ3n) is 5.72. The van der Waals surface area contributed by atoms with Crippen molar-refractivity contribution < 1.29 is 24.2 Å². The zero-order valence-electron chi connectivity index (χ0n) is 19.2. The van der Waals surface area contributed by atoms with Crippen LogP contribution in [0.15, 0.2) is 72.8 Å². The van der Waals surface area contributed by atoms with E-state index in [1.807, 2.05) is 72.8 Å². The van der Waals surface area contributed by atoms with Crippen molar-refractivity contribution in [3.8, 4) is 0 Å². The van der Waals surface area contributed by atoms with Crippen LogP contribution in [0.1, 0.15) is 42.9 Å². The second-order valence-corrected chi connectivity index (χ2v) is 8.42. The molecule has 0 spiro atoms. The summed E-state index contributed by atoms with van der Waals surface area (Å²) < 4.78 is 5.60. The zero-order chi connectivity index (χ0) is 24.2. The highest BCUT2D eigenvalue weighted by molar-refractivity contribution is 5.86. The molecule has 0 unspecified atom stereocenters. The van der Waals surface area contributed by atoms with Crippen LogP contribution in [0.5, 0.6) is 0 Å². The van der Waals surface area contributed by atoms with E-state index < -0.39 is 18.1 Å². The van der Waals surface area contributed by atoms with Gasteiger partial charge in [-0.05, 0) is 30.4 Å². The van der Waals surface area contributed by atoms with Gasteiger partial charge in [-0.3, -0.25) is 14.4 Å². The molecule has 3 rings (SSSR count). The van der Waals surface area contributed by atoms with Gasteiger partial charge in [-0.1, -0.05) is 72.8 Å². The van der Waals surface area contributed by atoms with Gasteiger partial charge in [0, 0.05) is 12.8 Å². The summed E-state index contributed by atoms with van der Waals surface area (Å²) in [6, 6.07) is 18.5. The van der Waals surface area contributed by atoms with Crippen LogP contribution in [0.4, 0.5) is 0 Å². The molecule has 180 valence electrons. The Hall–Kier alpha value is -3.45. The number of hydrogen-bond acceptors (Lipinski definition) is 5. The smallest absolute Gasteiger partial charge is 0.306 e. The summed E-state index contributed by atoms with van der Waals surface area (Å²) in [4.78, 5) is 37.9. The van der Waals surface area contributed by atoms with Crippen molar-refractivity contribution in [2.24, 2.45) is 5.92 Å². The standard InChI is InChI=1S/C27H32N2O5/c30-19-23(16-20-10-4-1-5-11-20)29-25(31)17-22-14-8-3-9-15-26(32)34-24(18-28-27(22)33)21-12-6-2-7-13-21/h1-8,10-13,22-24,30H,9,14-19H2,(H,28,33)(H,29,31)/t22-,23-,24+/m1/s1. The van der Waals surface area contributed by atoms with Gasteiger partial charge in [0.05, 0.1) is 25.1 Å². The van der Waals surface area contributed by atoms with E-state index in [0.717, 1.165) is 11.1 Å². The topological polar surface area (TPSA) is 105 Å². The van der Waals surface area contributed by atoms with Crippen molar-refractivity contribution in [3.63, 3.8) is 0 Å². The first kappa shape index (κ1) is 25.2. The molecule has 0 aliphatic carbocycles. The average Bonchev–Trinajstić information content (AvgIpc) is 2.85. The van der Waals surface area contributed by atoms with E-state index in [9.17, 15) is 19.5 Å². The number of esters is 1. The van der Waals surface area contributed by atoms with Gasteiger partial charge < -0.3 is 20.5 Å². The number of rotatable bonds is 7. The van der Waals surface area contributed by atoms with Gasteiger partial charge >= 0.3 is 5.97 Å². The van der Waals surface area contributed by atoms with Crippen LogP contribution < -0.4 is 10.6 Å². The average molecular weight is 465 g/mol. The van der Waals surface area contributed by atoms with Crippen LogP contribution in [-0.2, 0) is 25.5 Å². The fourth-order valence-electron chi connectivity index (χ4n) is 3.88. The maximum Gasteiger partial charge on any atom is 0.306 e. The Bertz CT molecular complexity index is 962. The van der Waals surface area contributed by atoms with Crippen LogP contribution in [0.25, 0.3) is 0 Å². The number of hydrogen-bond donors (Lipinski definition) is 3. The molecular formula is C27H32N2O5. The number of aliphatic hydroxyl groups is 1. The lowest BCUT2D eigenvalue weighted by molar-refractivity contribution is -0.150. The number of nitrogens with one attached hydrogen (secondary N) is 2. The number of aliphatic hydroxyl groups excluding tert-OH is 1. The molecule has 0 saturated heterocycles. The Morgan fingerprint density at radius 2 is 1.76 bits per heavy atom. The predicted molar refractivity (Wildman–Crippen MR) is 129 cm³/mol.